The molecule has 1 aliphatic rings. The average Bonchev–Trinajstić information content (AvgIpc) is 2.87. The summed E-state index contributed by atoms with van der Waals surface area (Å²) in [5, 5.41) is 9.13. The van der Waals surface area contributed by atoms with Crippen LogP contribution in [0, 0.1) is 0 Å². The second kappa shape index (κ2) is 11.5. The van der Waals surface area contributed by atoms with Crippen LogP contribution in [0.15, 0.2) is 59.6 Å². The highest BCUT2D eigenvalue weighted by Gasteiger charge is 2.21. The molecule has 0 amide bonds. The van der Waals surface area contributed by atoms with E-state index in [-0.39, 0.29) is 17.5 Å². The van der Waals surface area contributed by atoms with Crippen molar-refractivity contribution in [2.24, 2.45) is 0 Å². The van der Waals surface area contributed by atoms with Gasteiger partial charge in [0, 0.05) is 25.3 Å². The number of nitrogens with one attached hydrogen (secondary N) is 1. The zero-order valence-corrected chi connectivity index (χ0v) is 20.8. The highest BCUT2D eigenvalue weighted by atomic mass is 32.2. The highest BCUT2D eigenvalue weighted by molar-refractivity contribution is 7.92. The van der Waals surface area contributed by atoms with Gasteiger partial charge in [0.2, 0.25) is 0 Å². The van der Waals surface area contributed by atoms with E-state index in [1.807, 2.05) is 24.3 Å². The van der Waals surface area contributed by atoms with Gasteiger partial charge in [0.15, 0.2) is 5.03 Å². The van der Waals surface area contributed by atoms with Gasteiger partial charge in [-0.1, -0.05) is 36.8 Å². The lowest BCUT2D eigenvalue weighted by molar-refractivity contribution is 0.285. The molecule has 3 aromatic rings. The normalized spacial score (nSPS) is 15.7. The van der Waals surface area contributed by atoms with Crippen LogP contribution in [0.2, 0.25) is 0 Å². The van der Waals surface area contributed by atoms with Crippen LogP contribution >= 0.6 is 0 Å². The summed E-state index contributed by atoms with van der Waals surface area (Å²) >= 11 is 0. The number of methoxy groups -OCH3 is 1. The SMILES string of the molecule is COc1ccc2nc1-c1ccccc1CCCCCN(CCCCO)c1cccc(n1)S(=O)(=O)N2. The van der Waals surface area contributed by atoms with E-state index in [0.717, 1.165) is 49.8 Å². The molecule has 8 nitrogen and oxygen atoms in total. The summed E-state index contributed by atoms with van der Waals surface area (Å²) in [7, 11) is -2.38. The summed E-state index contributed by atoms with van der Waals surface area (Å²) in [4.78, 5) is 11.2. The Morgan fingerprint density at radius 1 is 1.00 bits per heavy atom. The minimum Gasteiger partial charge on any atom is -0.494 e. The van der Waals surface area contributed by atoms with Crippen molar-refractivity contribution in [1.29, 1.82) is 0 Å². The first-order valence-electron chi connectivity index (χ1n) is 12.0. The summed E-state index contributed by atoms with van der Waals surface area (Å²) in [6.07, 6.45) is 5.38. The maximum Gasteiger partial charge on any atom is 0.280 e. The minimum atomic E-state index is -3.96. The Morgan fingerprint density at radius 3 is 2.69 bits per heavy atom. The maximum absolute atomic E-state index is 13.2. The number of anilines is 2. The number of unbranched alkanes of at least 4 members (excludes halogenated alkanes) is 1. The molecule has 0 spiro atoms. The zero-order valence-electron chi connectivity index (χ0n) is 20.0. The van der Waals surface area contributed by atoms with E-state index in [9.17, 15) is 13.5 Å². The topological polar surface area (TPSA) is 105 Å². The number of rotatable bonds is 5. The molecular formula is C26H32N4O4S. The van der Waals surface area contributed by atoms with Gasteiger partial charge in [0.05, 0.1) is 7.11 Å². The van der Waals surface area contributed by atoms with Crippen molar-refractivity contribution < 1.29 is 18.3 Å². The van der Waals surface area contributed by atoms with Gasteiger partial charge in [-0.25, -0.2) is 9.97 Å². The summed E-state index contributed by atoms with van der Waals surface area (Å²) in [6.45, 7) is 1.61. The first-order chi connectivity index (χ1) is 17.0. The molecular weight excluding hydrogens is 464 g/mol. The number of sulfonamides is 1. The molecule has 0 saturated heterocycles. The van der Waals surface area contributed by atoms with E-state index < -0.39 is 10.0 Å². The molecule has 186 valence electrons. The number of hydrogen-bond acceptors (Lipinski definition) is 7. The van der Waals surface area contributed by atoms with E-state index in [4.69, 9.17) is 4.74 Å². The Balaban J connectivity index is 1.76. The summed E-state index contributed by atoms with van der Waals surface area (Å²) in [5.74, 6) is 1.40. The number of hydrogen-bond donors (Lipinski definition) is 2. The third kappa shape index (κ3) is 6.10. The van der Waals surface area contributed by atoms with Crippen LogP contribution in [-0.4, -0.2) is 50.3 Å². The van der Waals surface area contributed by atoms with Crippen LogP contribution in [0.4, 0.5) is 11.6 Å². The molecule has 2 N–H and O–H groups in total. The lowest BCUT2D eigenvalue weighted by atomic mass is 9.98. The predicted molar refractivity (Wildman–Crippen MR) is 137 cm³/mol. The van der Waals surface area contributed by atoms with E-state index in [0.29, 0.717) is 30.2 Å². The van der Waals surface area contributed by atoms with Crippen molar-refractivity contribution in [2.75, 3.05) is 36.4 Å². The number of pyridine rings is 2. The molecule has 0 aliphatic carbocycles. The fourth-order valence-corrected chi connectivity index (χ4v) is 5.27. The number of aryl methyl sites for hydroxylation is 1. The zero-order chi connectivity index (χ0) is 24.7. The quantitative estimate of drug-likeness (QED) is 0.509. The number of nitrogens with zero attached hydrogens (tertiary/aromatic N) is 3. The number of benzene rings is 1. The largest absolute Gasteiger partial charge is 0.494 e. The molecule has 0 atom stereocenters. The Labute approximate surface area is 207 Å². The molecule has 2 aromatic heterocycles. The number of fused-ring (bicyclic) bond motifs is 6. The maximum atomic E-state index is 13.2. The van der Waals surface area contributed by atoms with Gasteiger partial charge in [-0.05, 0) is 61.9 Å². The lowest BCUT2D eigenvalue weighted by Gasteiger charge is -2.24. The van der Waals surface area contributed by atoms with Gasteiger partial charge >= 0.3 is 0 Å². The molecule has 0 saturated carbocycles. The van der Waals surface area contributed by atoms with Crippen molar-refractivity contribution in [3.63, 3.8) is 0 Å². The Bertz CT molecular complexity index is 1250. The Hall–Kier alpha value is -3.17. The molecule has 35 heavy (non-hydrogen) atoms. The van der Waals surface area contributed by atoms with Gasteiger partial charge in [0.25, 0.3) is 10.0 Å². The third-order valence-corrected chi connectivity index (χ3v) is 7.36. The van der Waals surface area contributed by atoms with Gasteiger partial charge in [-0.3, -0.25) is 4.72 Å². The second-order valence-corrected chi connectivity index (χ2v) is 10.2. The van der Waals surface area contributed by atoms with Crippen LogP contribution in [-0.2, 0) is 16.4 Å². The monoisotopic (exact) mass is 496 g/mol. The molecule has 1 aromatic carbocycles. The molecule has 9 heteroatoms. The van der Waals surface area contributed by atoms with Gasteiger partial charge in [-0.15, -0.1) is 0 Å². The van der Waals surface area contributed by atoms with Gasteiger partial charge in [-0.2, -0.15) is 8.42 Å². The van der Waals surface area contributed by atoms with Crippen LogP contribution in [0.5, 0.6) is 5.75 Å². The van der Waals surface area contributed by atoms with Crippen LogP contribution in [0.3, 0.4) is 0 Å². The highest BCUT2D eigenvalue weighted by Crippen LogP contribution is 2.33. The van der Waals surface area contributed by atoms with E-state index in [2.05, 4.69) is 25.7 Å². The molecule has 0 fully saturated rings. The fourth-order valence-electron chi connectivity index (χ4n) is 4.30. The number of aromatic nitrogens is 2. The van der Waals surface area contributed by atoms with E-state index >= 15 is 0 Å². The predicted octanol–water partition coefficient (Wildman–Crippen LogP) is 4.26. The van der Waals surface area contributed by atoms with Crippen molar-refractivity contribution in [1.82, 2.24) is 9.97 Å². The van der Waals surface area contributed by atoms with Crippen LogP contribution < -0.4 is 14.4 Å². The van der Waals surface area contributed by atoms with Crippen molar-refractivity contribution in [3.8, 4) is 17.0 Å². The fraction of sp³-hybridized carbons (Fsp3) is 0.385. The second-order valence-electron chi connectivity index (χ2n) is 8.57. The van der Waals surface area contributed by atoms with E-state index in [1.165, 1.54) is 6.07 Å². The molecule has 3 heterocycles. The smallest absolute Gasteiger partial charge is 0.280 e. The molecule has 4 rings (SSSR count). The van der Waals surface area contributed by atoms with Gasteiger partial charge in [0.1, 0.15) is 23.1 Å². The first kappa shape index (κ1) is 24.9. The minimum absolute atomic E-state index is 0.0613. The van der Waals surface area contributed by atoms with Crippen LogP contribution in [0.1, 0.15) is 37.7 Å². The number of aliphatic hydroxyl groups excluding tert-OH is 1. The standard InChI is InChI=1S/C26H32N4O4S/c1-34-22-15-16-23-27-26(22)21-12-5-4-11-20(21)10-3-2-6-17-30(18-7-8-19-31)24-13-9-14-25(28-24)35(32,33)29-23/h4-5,9,11-16,31H,2-3,6-8,10,17-19H2,1H3,(H,27,29). The molecule has 4 bridgehead atoms. The summed E-state index contributed by atoms with van der Waals surface area (Å²) in [5.41, 5.74) is 2.69. The Morgan fingerprint density at radius 2 is 1.86 bits per heavy atom. The molecule has 0 radical (unpaired) electrons. The third-order valence-electron chi connectivity index (χ3n) is 6.11. The summed E-state index contributed by atoms with van der Waals surface area (Å²) < 4.78 is 34.6. The number of aliphatic hydroxyl groups is 1. The van der Waals surface area contributed by atoms with Crippen molar-refractivity contribution >= 4 is 21.7 Å². The number of ether oxygens (including phenoxy) is 1. The van der Waals surface area contributed by atoms with Crippen molar-refractivity contribution in [3.05, 3.63) is 60.2 Å². The Kier molecular flexibility index (Phi) is 8.20. The average molecular weight is 497 g/mol. The van der Waals surface area contributed by atoms with Gasteiger partial charge < -0.3 is 14.7 Å². The van der Waals surface area contributed by atoms with Crippen LogP contribution in [0.25, 0.3) is 11.3 Å². The van der Waals surface area contributed by atoms with E-state index in [1.54, 1.807) is 25.3 Å². The molecule has 0 unspecified atom stereocenters. The first-order valence-corrected chi connectivity index (χ1v) is 13.5. The summed E-state index contributed by atoms with van der Waals surface area (Å²) in [6, 6.07) is 16.4. The lowest BCUT2D eigenvalue weighted by Crippen LogP contribution is -2.27. The molecule has 1 aliphatic heterocycles. The van der Waals surface area contributed by atoms with Crippen molar-refractivity contribution in [2.45, 2.75) is 43.6 Å².